The van der Waals surface area contributed by atoms with E-state index in [4.69, 9.17) is 17.2 Å². The van der Waals surface area contributed by atoms with Crippen LogP contribution in [0.15, 0.2) is 12.5 Å². The fourth-order valence-electron chi connectivity index (χ4n) is 4.72. The monoisotopic (exact) mass is 889 g/mol. The van der Waals surface area contributed by atoms with E-state index in [0.29, 0.717) is 12.0 Å². The first-order chi connectivity index (χ1) is 28.3. The van der Waals surface area contributed by atoms with Crippen LogP contribution in [-0.2, 0) is 59.2 Å². The van der Waals surface area contributed by atoms with Gasteiger partial charge in [0.2, 0.25) is 59.1 Å². The number of carbonyl (C=O) groups excluding carboxylic acids is 11. The zero-order valence-electron chi connectivity index (χ0n) is 32.2. The summed E-state index contributed by atoms with van der Waals surface area (Å²) in [5.74, 6) is -10.2. The molecule has 0 aliphatic rings. The minimum absolute atomic E-state index is 0.0581. The quantitative estimate of drug-likeness (QED) is 0.0274. The second-order valence-corrected chi connectivity index (χ2v) is 13.6. The summed E-state index contributed by atoms with van der Waals surface area (Å²) in [6, 6.07) is -10.3. The number of aliphatic hydroxyl groups is 2. The van der Waals surface area contributed by atoms with Gasteiger partial charge in [-0.3, -0.25) is 47.9 Å². The first-order valence-corrected chi connectivity index (χ1v) is 19.1. The summed E-state index contributed by atoms with van der Waals surface area (Å²) in [6.45, 7) is -1.27. The maximum absolute atomic E-state index is 13.4. The fraction of sp³-hybridized carbons (Fsp3) is 0.562. The van der Waals surface area contributed by atoms with Crippen molar-refractivity contribution in [2.75, 3.05) is 31.2 Å². The minimum Gasteiger partial charge on any atom is -0.394 e. The van der Waals surface area contributed by atoms with Crippen molar-refractivity contribution in [3.63, 3.8) is 0 Å². The lowest BCUT2D eigenvalue weighted by molar-refractivity contribution is -0.137. The average Bonchev–Trinajstić information content (AvgIpc) is 3.72. The van der Waals surface area contributed by atoms with Gasteiger partial charge in [-0.15, -0.1) is 0 Å². The Bertz CT molecular complexity index is 1690. The molecule has 26 nitrogen and oxygen atoms in total. The predicted molar refractivity (Wildman–Crippen MR) is 213 cm³/mol. The highest BCUT2D eigenvalue weighted by Gasteiger charge is 2.35. The second-order valence-electron chi connectivity index (χ2n) is 12.9. The van der Waals surface area contributed by atoms with E-state index in [9.17, 15) is 63.0 Å². The molecule has 0 saturated heterocycles. The second kappa shape index (κ2) is 27.0. The van der Waals surface area contributed by atoms with Gasteiger partial charge < -0.3 is 79.7 Å². The number of nitrogens with zero attached hydrogens (tertiary/aromatic N) is 1. The SMILES string of the molecule is C[C@@H](O)[C@H](NC(=O)[C@H](CC(N)=O)NC(=O)[C@H](CCC(N)=O)NC(=O)CNC(=O)CNC(=O)[C@H](CO)NC(=O)[C@@H](N)CS)C(=O)N[C@@H](Cc1cnc[nH]1)C(=O)N[C@H](C=O)CS. The Balaban J connectivity index is 3.06. The molecule has 0 spiro atoms. The Morgan fingerprint density at radius 3 is 1.88 bits per heavy atom. The number of aldehydes is 1. The molecule has 0 unspecified atom stereocenters. The maximum Gasteiger partial charge on any atom is 0.245 e. The smallest absolute Gasteiger partial charge is 0.245 e. The van der Waals surface area contributed by atoms with Gasteiger partial charge in [0.1, 0.15) is 36.5 Å². The lowest BCUT2D eigenvalue weighted by Crippen LogP contribution is -2.61. The first-order valence-electron chi connectivity index (χ1n) is 17.9. The van der Waals surface area contributed by atoms with Gasteiger partial charge in [0.25, 0.3) is 0 Å². The van der Waals surface area contributed by atoms with Gasteiger partial charge in [-0.1, -0.05) is 0 Å². The molecule has 0 bridgehead atoms. The number of H-pyrrole nitrogens is 1. The van der Waals surface area contributed by atoms with Crippen molar-refractivity contribution in [3.8, 4) is 0 Å². The number of carbonyl (C=O) groups is 11. The largest absolute Gasteiger partial charge is 0.394 e. The van der Waals surface area contributed by atoms with Crippen LogP contribution < -0.4 is 59.7 Å². The number of nitrogens with one attached hydrogen (secondary N) is 9. The first kappa shape index (κ1) is 52.2. The fourth-order valence-corrected chi connectivity index (χ4v) is 5.07. The molecule has 0 radical (unpaired) electrons. The van der Waals surface area contributed by atoms with Crippen molar-refractivity contribution >= 4 is 90.6 Å². The molecule has 0 aromatic carbocycles. The van der Waals surface area contributed by atoms with Gasteiger partial charge in [0, 0.05) is 36.2 Å². The number of hydrogen-bond acceptors (Lipinski definition) is 17. The molecule has 60 heavy (non-hydrogen) atoms. The number of thiol groups is 2. The summed E-state index contributed by atoms with van der Waals surface area (Å²) < 4.78 is 0. The van der Waals surface area contributed by atoms with Crippen LogP contribution in [0.4, 0.5) is 0 Å². The Morgan fingerprint density at radius 1 is 0.750 bits per heavy atom. The van der Waals surface area contributed by atoms with Crippen molar-refractivity contribution in [2.45, 2.75) is 81.0 Å². The van der Waals surface area contributed by atoms with Gasteiger partial charge >= 0.3 is 0 Å². The molecule has 0 saturated carbocycles. The van der Waals surface area contributed by atoms with Gasteiger partial charge in [-0.05, 0) is 13.3 Å². The number of amides is 10. The maximum atomic E-state index is 13.4. The zero-order chi connectivity index (χ0) is 45.5. The number of rotatable bonds is 28. The number of hydrogen-bond donors (Lipinski definition) is 16. The molecule has 28 heteroatoms. The van der Waals surface area contributed by atoms with Crippen LogP contribution in [0.1, 0.15) is 31.9 Å². The van der Waals surface area contributed by atoms with Crippen LogP contribution in [0.2, 0.25) is 0 Å². The Kier molecular flexibility index (Phi) is 23.5. The minimum atomic E-state index is -1.85. The lowest BCUT2D eigenvalue weighted by atomic mass is 10.1. The Labute approximate surface area is 353 Å². The number of nitrogens with two attached hydrogens (primary N) is 3. The van der Waals surface area contributed by atoms with E-state index >= 15 is 0 Å². The van der Waals surface area contributed by atoms with Gasteiger partial charge in [0.15, 0.2) is 0 Å². The molecule has 0 aliphatic carbocycles. The van der Waals surface area contributed by atoms with Crippen molar-refractivity contribution in [2.24, 2.45) is 17.2 Å². The summed E-state index contributed by atoms with van der Waals surface area (Å²) in [4.78, 5) is 144. The number of aromatic nitrogens is 2. The molecule has 17 N–H and O–H groups in total. The average molecular weight is 890 g/mol. The third-order valence-electron chi connectivity index (χ3n) is 7.95. The van der Waals surface area contributed by atoms with E-state index in [1.807, 2.05) is 0 Å². The normalized spacial score (nSPS) is 14.8. The van der Waals surface area contributed by atoms with E-state index in [0.717, 1.165) is 6.92 Å². The van der Waals surface area contributed by atoms with Gasteiger partial charge in [0.05, 0.1) is 50.6 Å². The van der Waals surface area contributed by atoms with E-state index in [2.05, 4.69) is 77.8 Å². The summed E-state index contributed by atoms with van der Waals surface area (Å²) >= 11 is 7.84. The van der Waals surface area contributed by atoms with Crippen LogP contribution in [0.3, 0.4) is 0 Å². The van der Waals surface area contributed by atoms with Gasteiger partial charge in [-0.25, -0.2) is 4.98 Å². The highest BCUT2D eigenvalue weighted by molar-refractivity contribution is 7.80. The number of aromatic amines is 1. The molecular weight excluding hydrogens is 839 g/mol. The lowest BCUT2D eigenvalue weighted by Gasteiger charge is -2.27. The van der Waals surface area contributed by atoms with Crippen LogP contribution in [-0.4, -0.2) is 165 Å². The molecule has 1 rings (SSSR count). The topological polar surface area (TPSA) is 431 Å². The molecule has 334 valence electrons. The predicted octanol–water partition coefficient (Wildman–Crippen LogP) is -9.01. The molecular formula is C32H51N13O13S2. The number of aliphatic hydroxyl groups excluding tert-OH is 2. The highest BCUT2D eigenvalue weighted by atomic mass is 32.1. The van der Waals surface area contributed by atoms with Crippen molar-refractivity contribution in [1.29, 1.82) is 0 Å². The van der Waals surface area contributed by atoms with E-state index < -0.39 is 146 Å². The number of imidazole rings is 1. The Morgan fingerprint density at radius 2 is 1.35 bits per heavy atom. The van der Waals surface area contributed by atoms with E-state index in [1.165, 1.54) is 12.5 Å². The Hall–Kier alpha value is -5.84. The zero-order valence-corrected chi connectivity index (χ0v) is 34.0. The molecule has 1 heterocycles. The van der Waals surface area contributed by atoms with Crippen LogP contribution in [0.5, 0.6) is 0 Å². The van der Waals surface area contributed by atoms with E-state index in [1.54, 1.807) is 0 Å². The van der Waals surface area contributed by atoms with Crippen LogP contribution in [0, 0.1) is 0 Å². The molecule has 0 aliphatic heterocycles. The third kappa shape index (κ3) is 19.3. The summed E-state index contributed by atoms with van der Waals surface area (Å²) in [5.41, 5.74) is 16.4. The van der Waals surface area contributed by atoms with Crippen molar-refractivity contribution in [1.82, 2.24) is 52.5 Å². The molecule has 1 aromatic rings. The highest BCUT2D eigenvalue weighted by Crippen LogP contribution is 2.05. The van der Waals surface area contributed by atoms with Crippen molar-refractivity contribution in [3.05, 3.63) is 18.2 Å². The molecule has 10 amide bonds. The standard InChI is InChI=1S/C32H51N13O13S2/c1-14(48)26(32(58)43-19(4-15-6-36-13-39-15)30(56)40-16(9-46)11-59)45-31(57)20(5-23(35)50)42-29(55)18(2-3-22(34)49)41-25(52)8-37-24(51)7-38-28(54)21(10-47)44-27(53)17(33)12-60/h6,9,13-14,16-21,26,47-48,59-60H,2-5,7-8,10-12,33H2,1H3,(H2,34,49)(H2,35,50)(H,36,39)(H,37,51)(H,38,54)(H,40,56)(H,41,52)(H,42,55)(H,43,58)(H,44,53)(H,45,57)/t14-,16-,17+,18+,19+,20+,21+,26+/m1/s1. The molecule has 8 atom stereocenters. The van der Waals surface area contributed by atoms with Crippen LogP contribution >= 0.6 is 25.3 Å². The molecule has 1 aromatic heterocycles. The van der Waals surface area contributed by atoms with E-state index in [-0.39, 0.29) is 17.9 Å². The summed E-state index contributed by atoms with van der Waals surface area (Å²) in [6.07, 6.45) is -0.577. The van der Waals surface area contributed by atoms with Crippen molar-refractivity contribution < 1.29 is 63.0 Å². The summed E-state index contributed by atoms with van der Waals surface area (Å²) in [7, 11) is 0. The molecule has 0 fully saturated rings. The van der Waals surface area contributed by atoms with Crippen LogP contribution in [0.25, 0.3) is 0 Å². The summed E-state index contributed by atoms with van der Waals surface area (Å²) in [5, 5.41) is 37.7. The number of primary amides is 2. The van der Waals surface area contributed by atoms with Gasteiger partial charge in [-0.2, -0.15) is 25.3 Å². The third-order valence-corrected chi connectivity index (χ3v) is 8.74.